The zero-order chi connectivity index (χ0) is 17.7. The molecule has 0 radical (unpaired) electrons. The molecule has 0 atom stereocenters. The Morgan fingerprint density at radius 2 is 1.27 bits per heavy atom. The molecule has 0 saturated heterocycles. The molecular weight excluding hydrogens is 367 g/mol. The number of rotatable bonds is 10. The predicted molar refractivity (Wildman–Crippen MR) is 78.2 cm³/mol. The summed E-state index contributed by atoms with van der Waals surface area (Å²) in [6, 6.07) is 0. The average molecular weight is 398 g/mol. The fraction of sp³-hybridized carbons (Fsp3) is 0.867. The Hall–Kier alpha value is -0.0969. The molecule has 0 saturated carbocycles. The molecule has 0 aliphatic carbocycles. The quantitative estimate of drug-likeness (QED) is 0.525. The van der Waals surface area contributed by atoms with Crippen molar-refractivity contribution in [2.45, 2.75) is 86.0 Å². The monoisotopic (exact) mass is 396 g/mol. The molecule has 0 aromatic carbocycles. The molecule has 22 heavy (non-hydrogen) atoms. The van der Waals surface area contributed by atoms with Gasteiger partial charge in [0.25, 0.3) is 0 Å². The van der Waals surface area contributed by atoms with Crippen LogP contribution in [0, 0.1) is 0 Å². The van der Waals surface area contributed by atoms with E-state index in [-0.39, 0.29) is 24.1 Å². The number of carbonyl (C=O) groups excluding carboxylic acids is 2. The third-order valence-electron chi connectivity index (χ3n) is 1.87. The van der Waals surface area contributed by atoms with E-state index in [0.717, 1.165) is 0 Å². The summed E-state index contributed by atoms with van der Waals surface area (Å²) in [5.74, 6) is -1.54. The first-order chi connectivity index (χ1) is 10.1. The normalized spacial score (nSPS) is 10.6. The largest absolute Gasteiger partial charge is 0.550 e. The molecular formula is C15H30O6Zr. The van der Waals surface area contributed by atoms with Crippen molar-refractivity contribution in [3.8, 4) is 0 Å². The minimum absolute atomic E-state index is 0.201. The van der Waals surface area contributed by atoms with Crippen LogP contribution in [0.2, 0.25) is 0 Å². The second kappa shape index (κ2) is 14.5. The molecule has 0 aromatic rings. The maximum absolute atomic E-state index is 10.4. The number of carboxylic acid groups (broad SMARTS) is 1. The molecule has 0 fully saturated rings. The van der Waals surface area contributed by atoms with Crippen molar-refractivity contribution in [2.75, 3.05) is 0 Å². The van der Waals surface area contributed by atoms with Crippen molar-refractivity contribution in [1.29, 1.82) is 0 Å². The van der Waals surface area contributed by atoms with E-state index in [1.165, 1.54) is 0 Å². The number of carbonyl (C=O) groups is 2. The molecule has 0 rings (SSSR count). The Balaban J connectivity index is 0. The van der Waals surface area contributed by atoms with Crippen LogP contribution in [-0.4, -0.2) is 30.1 Å². The van der Waals surface area contributed by atoms with E-state index >= 15 is 0 Å². The number of ketones is 1. The standard InChI is InChI=1S/C6H10O3.3C3H7O.Zr/c1-2-3-5(7)4-6(8)9;3*1-3(2)4;/h2-4H2,1H3,(H,8,9);3*3H,1-2H3;/q;3*-1;+4/p-1. The van der Waals surface area contributed by atoms with Crippen molar-refractivity contribution in [3.05, 3.63) is 0 Å². The number of Topliss-reactive ketones (excluding diaryl/α,β-unsaturated/α-hetero) is 1. The van der Waals surface area contributed by atoms with E-state index in [1.54, 1.807) is 0 Å². The van der Waals surface area contributed by atoms with Crippen LogP contribution in [-0.2, 0) is 41.1 Å². The van der Waals surface area contributed by atoms with Gasteiger partial charge in [-0.3, -0.25) is 4.79 Å². The summed E-state index contributed by atoms with van der Waals surface area (Å²) in [4.78, 5) is 20.2. The van der Waals surface area contributed by atoms with Crippen LogP contribution in [0.4, 0.5) is 0 Å². The number of hydrogen-bond acceptors (Lipinski definition) is 6. The van der Waals surface area contributed by atoms with E-state index in [0.29, 0.717) is 12.8 Å². The number of aliphatic carboxylic acids is 1. The molecule has 0 N–H and O–H groups in total. The molecule has 7 heteroatoms. The summed E-state index contributed by atoms with van der Waals surface area (Å²) >= 11 is -2.48. The van der Waals surface area contributed by atoms with Crippen molar-refractivity contribution in [2.24, 2.45) is 0 Å². The van der Waals surface area contributed by atoms with Gasteiger partial charge in [-0.1, -0.05) is 6.92 Å². The maximum Gasteiger partial charge on any atom is 0.138 e. The van der Waals surface area contributed by atoms with Gasteiger partial charge in [0, 0.05) is 18.8 Å². The minimum Gasteiger partial charge on any atom is -0.550 e. The summed E-state index contributed by atoms with van der Waals surface area (Å²) in [5.41, 5.74) is 0. The van der Waals surface area contributed by atoms with Gasteiger partial charge in [0.05, 0.1) is 0 Å². The first-order valence-electron chi connectivity index (χ1n) is 7.66. The molecule has 0 unspecified atom stereocenters. The van der Waals surface area contributed by atoms with Gasteiger partial charge >= 0.3 is 91.4 Å². The molecule has 0 bridgehead atoms. The molecule has 0 amide bonds. The predicted octanol–water partition coefficient (Wildman–Crippen LogP) is 2.12. The molecule has 0 spiro atoms. The van der Waals surface area contributed by atoms with E-state index in [1.807, 2.05) is 48.5 Å². The topological polar surface area (TPSA) is 84.9 Å². The number of carboxylic acids is 1. The van der Waals surface area contributed by atoms with Gasteiger partial charge in [0.1, 0.15) is 5.78 Å². The summed E-state index contributed by atoms with van der Waals surface area (Å²) < 4.78 is 16.9. The molecule has 0 heterocycles. The van der Waals surface area contributed by atoms with Crippen LogP contribution in [0.1, 0.15) is 67.7 Å². The SMILES string of the molecule is CC(C)[O][Zr+]([O]C(C)C)[O]C(C)C.CCCC(=O)CC(=O)[O-]. The van der Waals surface area contributed by atoms with Crippen molar-refractivity contribution in [1.82, 2.24) is 0 Å². The zero-order valence-electron chi connectivity index (χ0n) is 14.8. The zero-order valence-corrected chi connectivity index (χ0v) is 17.3. The third kappa shape index (κ3) is 19.9. The molecule has 0 aromatic heterocycles. The Kier molecular flexibility index (Phi) is 15.9. The summed E-state index contributed by atoms with van der Waals surface area (Å²) in [7, 11) is 0. The Labute approximate surface area is 144 Å². The van der Waals surface area contributed by atoms with Crippen molar-refractivity contribution < 1.29 is 46.2 Å². The van der Waals surface area contributed by atoms with Gasteiger partial charge < -0.3 is 9.90 Å². The van der Waals surface area contributed by atoms with Crippen LogP contribution in [0.5, 0.6) is 0 Å². The Morgan fingerprint density at radius 1 is 0.909 bits per heavy atom. The Morgan fingerprint density at radius 3 is 1.50 bits per heavy atom. The maximum atomic E-state index is 10.4. The smallest absolute Gasteiger partial charge is 0.138 e. The third-order valence-corrected chi connectivity index (χ3v) is 6.76. The van der Waals surface area contributed by atoms with Crippen LogP contribution < -0.4 is 5.11 Å². The molecule has 6 nitrogen and oxygen atoms in total. The van der Waals surface area contributed by atoms with Crippen LogP contribution >= 0.6 is 0 Å². The second-order valence-corrected chi connectivity index (χ2v) is 8.55. The van der Waals surface area contributed by atoms with Gasteiger partial charge in [-0.2, -0.15) is 0 Å². The molecule has 0 aliphatic heterocycles. The second-order valence-electron chi connectivity index (χ2n) is 5.59. The minimum atomic E-state index is -2.48. The number of hydrogen-bond donors (Lipinski definition) is 0. The van der Waals surface area contributed by atoms with E-state index in [2.05, 4.69) is 0 Å². The summed E-state index contributed by atoms with van der Waals surface area (Å²) in [5, 5.41) is 9.75. The van der Waals surface area contributed by atoms with Crippen molar-refractivity contribution >= 4 is 11.8 Å². The Bertz CT molecular complexity index is 281. The first-order valence-corrected chi connectivity index (χ1v) is 10.7. The van der Waals surface area contributed by atoms with Gasteiger partial charge in [0.15, 0.2) is 0 Å². The van der Waals surface area contributed by atoms with Crippen LogP contribution in [0.3, 0.4) is 0 Å². The van der Waals surface area contributed by atoms with E-state index in [4.69, 9.17) is 8.44 Å². The fourth-order valence-electron chi connectivity index (χ4n) is 1.19. The molecule has 130 valence electrons. The van der Waals surface area contributed by atoms with Gasteiger partial charge in [-0.25, -0.2) is 0 Å². The van der Waals surface area contributed by atoms with Gasteiger partial charge in [-0.05, 0) is 6.42 Å². The van der Waals surface area contributed by atoms with E-state index < -0.39 is 35.5 Å². The van der Waals surface area contributed by atoms with Gasteiger partial charge in [-0.15, -0.1) is 0 Å². The van der Waals surface area contributed by atoms with Crippen LogP contribution in [0.25, 0.3) is 0 Å². The van der Waals surface area contributed by atoms with E-state index in [9.17, 15) is 14.7 Å². The summed E-state index contributed by atoms with van der Waals surface area (Å²) in [6.07, 6.45) is 1.21. The van der Waals surface area contributed by atoms with Crippen LogP contribution in [0.15, 0.2) is 0 Å². The van der Waals surface area contributed by atoms with Gasteiger partial charge in [0.2, 0.25) is 0 Å². The van der Waals surface area contributed by atoms with Crippen molar-refractivity contribution in [3.63, 3.8) is 0 Å². The molecule has 0 aliphatic rings. The fourth-order valence-corrected chi connectivity index (χ4v) is 4.44. The first kappa shape index (κ1) is 24.2. The summed E-state index contributed by atoms with van der Waals surface area (Å²) in [6.45, 7) is 13.9. The average Bonchev–Trinajstić information content (AvgIpc) is 2.25.